The molecule has 0 unspecified atom stereocenters. The molecule has 0 saturated carbocycles. The lowest BCUT2D eigenvalue weighted by Crippen LogP contribution is -1.92. The lowest BCUT2D eigenvalue weighted by atomic mass is 10.1. The van der Waals surface area contributed by atoms with Crippen molar-refractivity contribution in [3.8, 4) is 16.8 Å². The number of fused-ring (bicyclic) bond motifs is 1. The minimum absolute atomic E-state index is 0.248. The van der Waals surface area contributed by atoms with Gasteiger partial charge in [-0.25, -0.2) is 9.37 Å². The Hall–Kier alpha value is -2.95. The molecule has 0 spiro atoms. The zero-order chi connectivity index (χ0) is 14.2. The summed E-state index contributed by atoms with van der Waals surface area (Å²) >= 11 is 0. The van der Waals surface area contributed by atoms with Crippen LogP contribution in [-0.2, 0) is 0 Å². The van der Waals surface area contributed by atoms with E-state index in [0.29, 0.717) is 0 Å². The Morgan fingerprint density at radius 3 is 2.62 bits per heavy atom. The first-order valence-corrected chi connectivity index (χ1v) is 6.53. The van der Waals surface area contributed by atoms with Gasteiger partial charge in [0.1, 0.15) is 12.1 Å². The van der Waals surface area contributed by atoms with E-state index < -0.39 is 0 Å². The molecule has 5 heteroatoms. The molecule has 4 aromatic rings. The second kappa shape index (κ2) is 4.56. The molecule has 0 fully saturated rings. The van der Waals surface area contributed by atoms with Crippen molar-refractivity contribution in [3.63, 3.8) is 0 Å². The van der Waals surface area contributed by atoms with Crippen LogP contribution in [-0.4, -0.2) is 19.7 Å². The molecule has 0 aliphatic carbocycles. The second-order valence-electron chi connectivity index (χ2n) is 4.78. The van der Waals surface area contributed by atoms with Crippen LogP contribution in [0.4, 0.5) is 4.39 Å². The fourth-order valence-corrected chi connectivity index (χ4v) is 2.40. The molecule has 2 aromatic heterocycles. The summed E-state index contributed by atoms with van der Waals surface area (Å²) in [6.45, 7) is 0. The number of H-pyrrole nitrogens is 1. The summed E-state index contributed by atoms with van der Waals surface area (Å²) < 4.78 is 15.0. The van der Waals surface area contributed by atoms with Gasteiger partial charge in [0.25, 0.3) is 0 Å². The average Bonchev–Trinajstić information content (AvgIpc) is 3.17. The summed E-state index contributed by atoms with van der Waals surface area (Å²) in [4.78, 5) is 4.39. The molecular formula is C16H11FN4. The number of halogens is 1. The van der Waals surface area contributed by atoms with Crippen molar-refractivity contribution in [2.24, 2.45) is 0 Å². The number of nitrogens with zero attached hydrogens (tertiary/aromatic N) is 3. The topological polar surface area (TPSA) is 46.5 Å². The molecule has 0 saturated heterocycles. The van der Waals surface area contributed by atoms with E-state index >= 15 is 0 Å². The second-order valence-corrected chi connectivity index (χ2v) is 4.78. The smallest absolute Gasteiger partial charge is 0.123 e. The largest absolute Gasteiger partial charge is 0.299 e. The third kappa shape index (κ3) is 1.99. The molecule has 0 atom stereocenters. The molecule has 0 bridgehead atoms. The summed E-state index contributed by atoms with van der Waals surface area (Å²) in [6, 6.07) is 12.4. The first-order valence-electron chi connectivity index (χ1n) is 6.53. The van der Waals surface area contributed by atoms with Gasteiger partial charge in [-0.3, -0.25) is 9.67 Å². The van der Waals surface area contributed by atoms with Crippen molar-refractivity contribution in [2.45, 2.75) is 0 Å². The van der Waals surface area contributed by atoms with Crippen LogP contribution in [0.5, 0.6) is 0 Å². The summed E-state index contributed by atoms with van der Waals surface area (Å²) in [5.74, 6) is -0.248. The number of hydrogen-bond donors (Lipinski definition) is 1. The van der Waals surface area contributed by atoms with Crippen LogP contribution in [0.1, 0.15) is 0 Å². The highest BCUT2D eigenvalue weighted by Gasteiger charge is 2.07. The fraction of sp³-hybridized carbons (Fsp3) is 0. The number of aromatic nitrogens is 4. The normalized spacial score (nSPS) is 11.1. The Bertz CT molecular complexity index is 892. The third-order valence-corrected chi connectivity index (χ3v) is 3.48. The van der Waals surface area contributed by atoms with E-state index in [-0.39, 0.29) is 5.82 Å². The van der Waals surface area contributed by atoms with Crippen molar-refractivity contribution in [3.05, 3.63) is 67.0 Å². The van der Waals surface area contributed by atoms with Gasteiger partial charge in [0.15, 0.2) is 0 Å². The Labute approximate surface area is 119 Å². The van der Waals surface area contributed by atoms with Gasteiger partial charge in [0, 0.05) is 17.4 Å². The van der Waals surface area contributed by atoms with Gasteiger partial charge in [0.2, 0.25) is 0 Å². The zero-order valence-corrected chi connectivity index (χ0v) is 11.0. The summed E-state index contributed by atoms with van der Waals surface area (Å²) in [5, 5.41) is 6.78. The highest BCUT2D eigenvalue weighted by molar-refractivity contribution is 5.83. The molecule has 1 N–H and O–H groups in total. The number of rotatable bonds is 2. The summed E-state index contributed by atoms with van der Waals surface area (Å²) in [5.41, 5.74) is 4.82. The predicted molar refractivity (Wildman–Crippen MR) is 78.6 cm³/mol. The fourth-order valence-electron chi connectivity index (χ4n) is 2.40. The molecule has 0 amide bonds. The molecule has 0 radical (unpaired) electrons. The van der Waals surface area contributed by atoms with E-state index in [4.69, 9.17) is 0 Å². The van der Waals surface area contributed by atoms with Crippen LogP contribution < -0.4 is 0 Å². The maximum absolute atomic E-state index is 13.1. The number of benzene rings is 2. The van der Waals surface area contributed by atoms with Crippen molar-refractivity contribution >= 4 is 11.0 Å². The molecule has 0 aliphatic heterocycles. The van der Waals surface area contributed by atoms with Gasteiger partial charge < -0.3 is 0 Å². The van der Waals surface area contributed by atoms with Crippen LogP contribution in [0.25, 0.3) is 27.8 Å². The molecule has 2 aromatic carbocycles. The number of aromatic amines is 1. The van der Waals surface area contributed by atoms with Gasteiger partial charge >= 0.3 is 0 Å². The first kappa shape index (κ1) is 11.8. The Kier molecular flexibility index (Phi) is 2.57. The van der Waals surface area contributed by atoms with Gasteiger partial charge in [0.05, 0.1) is 17.2 Å². The van der Waals surface area contributed by atoms with Crippen LogP contribution in [0.3, 0.4) is 0 Å². The molecule has 4 rings (SSSR count). The maximum Gasteiger partial charge on any atom is 0.123 e. The van der Waals surface area contributed by atoms with Crippen molar-refractivity contribution in [1.29, 1.82) is 0 Å². The van der Waals surface area contributed by atoms with Crippen LogP contribution in [0.15, 0.2) is 61.2 Å². The monoisotopic (exact) mass is 278 g/mol. The first-order chi connectivity index (χ1) is 10.3. The van der Waals surface area contributed by atoms with Gasteiger partial charge in [-0.2, -0.15) is 5.10 Å². The van der Waals surface area contributed by atoms with Gasteiger partial charge in [-0.15, -0.1) is 0 Å². The van der Waals surface area contributed by atoms with Gasteiger partial charge in [-0.1, -0.05) is 6.07 Å². The Morgan fingerprint density at radius 2 is 1.86 bits per heavy atom. The molecule has 4 nitrogen and oxygen atoms in total. The van der Waals surface area contributed by atoms with Crippen molar-refractivity contribution in [2.75, 3.05) is 0 Å². The van der Waals surface area contributed by atoms with Crippen LogP contribution in [0, 0.1) is 5.82 Å². The van der Waals surface area contributed by atoms with E-state index in [1.165, 1.54) is 12.1 Å². The van der Waals surface area contributed by atoms with Crippen molar-refractivity contribution < 1.29 is 4.39 Å². The number of nitrogens with one attached hydrogen (secondary N) is 1. The molecule has 102 valence electrons. The highest BCUT2D eigenvalue weighted by atomic mass is 19.1. The van der Waals surface area contributed by atoms with E-state index in [0.717, 1.165) is 27.8 Å². The minimum atomic E-state index is -0.248. The average molecular weight is 278 g/mol. The maximum atomic E-state index is 13.1. The molecule has 2 heterocycles. The highest BCUT2D eigenvalue weighted by Crippen LogP contribution is 2.25. The number of imidazole rings is 1. The van der Waals surface area contributed by atoms with Crippen molar-refractivity contribution in [1.82, 2.24) is 19.7 Å². The summed E-state index contributed by atoms with van der Waals surface area (Å²) in [7, 11) is 0. The lowest BCUT2D eigenvalue weighted by molar-refractivity contribution is 0.627. The Balaban J connectivity index is 1.90. The minimum Gasteiger partial charge on any atom is -0.299 e. The quantitative estimate of drug-likeness (QED) is 0.609. The Morgan fingerprint density at radius 1 is 1.00 bits per heavy atom. The number of hydrogen-bond acceptors (Lipinski definition) is 2. The molecule has 0 aliphatic rings. The van der Waals surface area contributed by atoms with Gasteiger partial charge in [-0.05, 0) is 42.0 Å². The molecule has 21 heavy (non-hydrogen) atoms. The standard InChI is InChI=1S/C16H11FN4/c17-13-2-4-14(5-3-13)21-10-18-15-6-1-11(7-16(15)21)12-8-19-20-9-12/h1-10H,(H,19,20). The van der Waals surface area contributed by atoms with E-state index in [9.17, 15) is 4.39 Å². The lowest BCUT2D eigenvalue weighted by Gasteiger charge is -2.05. The predicted octanol–water partition coefficient (Wildman–Crippen LogP) is 3.55. The van der Waals surface area contributed by atoms with E-state index in [2.05, 4.69) is 21.2 Å². The zero-order valence-electron chi connectivity index (χ0n) is 11.0. The van der Waals surface area contributed by atoms with Crippen LogP contribution in [0.2, 0.25) is 0 Å². The molecular weight excluding hydrogens is 267 g/mol. The van der Waals surface area contributed by atoms with E-state index in [1.54, 1.807) is 24.7 Å². The summed E-state index contributed by atoms with van der Waals surface area (Å²) in [6.07, 6.45) is 5.37. The third-order valence-electron chi connectivity index (χ3n) is 3.48. The van der Waals surface area contributed by atoms with Crippen LogP contribution >= 0.6 is 0 Å². The van der Waals surface area contributed by atoms with E-state index in [1.807, 2.05) is 22.9 Å². The SMILES string of the molecule is Fc1ccc(-n2cnc3ccc(-c4cn[nH]c4)cc32)cc1.